The lowest BCUT2D eigenvalue weighted by molar-refractivity contribution is -0.118. The van der Waals surface area contributed by atoms with E-state index < -0.39 is 15.9 Å². The molecule has 0 radical (unpaired) electrons. The number of carbonyl (C=O) groups is 1. The van der Waals surface area contributed by atoms with Crippen molar-refractivity contribution in [3.05, 3.63) is 57.0 Å². The molecule has 5 nitrogen and oxygen atoms in total. The zero-order chi connectivity index (χ0) is 18.6. The molecule has 0 aliphatic carbocycles. The van der Waals surface area contributed by atoms with Gasteiger partial charge >= 0.3 is 0 Å². The highest BCUT2D eigenvalue weighted by Gasteiger charge is 2.20. The van der Waals surface area contributed by atoms with Crippen molar-refractivity contribution < 1.29 is 17.9 Å². The Balaban J connectivity index is 2.16. The van der Waals surface area contributed by atoms with Gasteiger partial charge in [-0.05, 0) is 59.1 Å². The number of ether oxygens (including phenoxy) is 1. The Morgan fingerprint density at radius 2 is 2.00 bits per heavy atom. The van der Waals surface area contributed by atoms with Crippen LogP contribution in [-0.2, 0) is 21.2 Å². The first-order valence-corrected chi connectivity index (χ1v) is 10.1. The highest BCUT2D eigenvalue weighted by molar-refractivity contribution is 9.10. The first-order chi connectivity index (χ1) is 11.7. The fourth-order valence-electron chi connectivity index (χ4n) is 2.18. The van der Waals surface area contributed by atoms with E-state index in [1.165, 1.54) is 18.2 Å². The van der Waals surface area contributed by atoms with Crippen LogP contribution in [0.15, 0.2) is 45.8 Å². The van der Waals surface area contributed by atoms with Gasteiger partial charge in [-0.2, -0.15) is 0 Å². The summed E-state index contributed by atoms with van der Waals surface area (Å²) in [6.45, 7) is 4.10. The average Bonchev–Trinajstić information content (AvgIpc) is 2.53. The summed E-state index contributed by atoms with van der Waals surface area (Å²) in [5, 5.41) is 0.457. The van der Waals surface area contributed by atoms with Crippen LogP contribution in [0, 0.1) is 6.92 Å². The number of halogens is 2. The standard InChI is InChI=1S/C17H17BrClNO4S/c1-3-24-15-8-7-13(10-14(15)18)25(22,23)20-16(21)9-12-6-4-5-11(2)17(12)19/h4-8,10H,3,9H2,1-2H3,(H,20,21). The zero-order valence-electron chi connectivity index (χ0n) is 13.7. The summed E-state index contributed by atoms with van der Waals surface area (Å²) in [4.78, 5) is 12.1. The van der Waals surface area contributed by atoms with Crippen molar-refractivity contribution in [3.63, 3.8) is 0 Å². The van der Waals surface area contributed by atoms with Gasteiger partial charge in [0.1, 0.15) is 5.75 Å². The van der Waals surface area contributed by atoms with E-state index in [-0.39, 0.29) is 11.3 Å². The van der Waals surface area contributed by atoms with Crippen LogP contribution in [0.5, 0.6) is 5.75 Å². The number of carbonyl (C=O) groups excluding carboxylic acids is 1. The molecule has 0 heterocycles. The van der Waals surface area contributed by atoms with Gasteiger partial charge in [0.15, 0.2) is 0 Å². The van der Waals surface area contributed by atoms with Gasteiger partial charge in [-0.1, -0.05) is 29.8 Å². The van der Waals surface area contributed by atoms with Crippen LogP contribution < -0.4 is 9.46 Å². The average molecular weight is 447 g/mol. The van der Waals surface area contributed by atoms with Crippen LogP contribution in [0.25, 0.3) is 0 Å². The van der Waals surface area contributed by atoms with Crippen LogP contribution in [0.4, 0.5) is 0 Å². The quantitative estimate of drug-likeness (QED) is 0.731. The summed E-state index contributed by atoms with van der Waals surface area (Å²) >= 11 is 9.40. The van der Waals surface area contributed by atoms with Gasteiger partial charge in [-0.15, -0.1) is 0 Å². The van der Waals surface area contributed by atoms with Gasteiger partial charge in [-0.3, -0.25) is 4.79 Å². The highest BCUT2D eigenvalue weighted by atomic mass is 79.9. The van der Waals surface area contributed by atoms with E-state index in [1.807, 2.05) is 19.9 Å². The van der Waals surface area contributed by atoms with E-state index in [2.05, 4.69) is 20.7 Å². The van der Waals surface area contributed by atoms with Gasteiger partial charge in [0.2, 0.25) is 5.91 Å². The van der Waals surface area contributed by atoms with Crippen LogP contribution in [-0.4, -0.2) is 20.9 Å². The molecule has 2 aromatic carbocycles. The summed E-state index contributed by atoms with van der Waals surface area (Å²) in [6, 6.07) is 9.57. The molecule has 0 aliphatic rings. The number of hydrogen-bond donors (Lipinski definition) is 1. The van der Waals surface area contributed by atoms with Gasteiger partial charge in [0.25, 0.3) is 10.0 Å². The molecule has 0 unspecified atom stereocenters. The molecule has 134 valence electrons. The molecule has 1 amide bonds. The SMILES string of the molecule is CCOc1ccc(S(=O)(=O)NC(=O)Cc2cccc(C)c2Cl)cc1Br. The fourth-order valence-corrected chi connectivity index (χ4v) is 4.03. The second-order valence-electron chi connectivity index (χ2n) is 5.28. The number of nitrogens with one attached hydrogen (secondary N) is 1. The van der Waals surface area contributed by atoms with E-state index in [4.69, 9.17) is 16.3 Å². The Kier molecular flexibility index (Phi) is 6.48. The third-order valence-corrected chi connectivity index (χ3v) is 5.92. The zero-order valence-corrected chi connectivity index (χ0v) is 16.8. The molecule has 2 rings (SSSR count). The van der Waals surface area contributed by atoms with E-state index in [9.17, 15) is 13.2 Å². The summed E-state index contributed by atoms with van der Waals surface area (Å²) in [7, 11) is -3.98. The van der Waals surface area contributed by atoms with Gasteiger partial charge in [0.05, 0.1) is 22.4 Å². The summed E-state index contributed by atoms with van der Waals surface area (Å²) < 4.78 is 32.7. The van der Waals surface area contributed by atoms with Gasteiger partial charge in [0, 0.05) is 5.02 Å². The van der Waals surface area contributed by atoms with Crippen LogP contribution in [0.2, 0.25) is 5.02 Å². The first kappa shape index (κ1) is 19.8. The highest BCUT2D eigenvalue weighted by Crippen LogP contribution is 2.28. The molecule has 0 bridgehead atoms. The molecule has 0 aliphatic heterocycles. The number of rotatable bonds is 6. The third-order valence-electron chi connectivity index (χ3n) is 3.38. The fraction of sp³-hybridized carbons (Fsp3) is 0.235. The van der Waals surface area contributed by atoms with E-state index in [0.29, 0.717) is 27.4 Å². The number of benzene rings is 2. The molecule has 0 saturated heterocycles. The van der Waals surface area contributed by atoms with E-state index >= 15 is 0 Å². The largest absolute Gasteiger partial charge is 0.493 e. The predicted octanol–water partition coefficient (Wildman–Crippen LogP) is 3.86. The first-order valence-electron chi connectivity index (χ1n) is 7.46. The van der Waals surface area contributed by atoms with Gasteiger partial charge in [-0.25, -0.2) is 13.1 Å². The van der Waals surface area contributed by atoms with Crippen molar-refractivity contribution in [2.24, 2.45) is 0 Å². The van der Waals surface area contributed by atoms with E-state index in [1.54, 1.807) is 12.1 Å². The molecule has 0 fully saturated rings. The summed E-state index contributed by atoms with van der Waals surface area (Å²) in [5.41, 5.74) is 1.40. The molecule has 0 saturated carbocycles. The molecule has 0 spiro atoms. The monoisotopic (exact) mass is 445 g/mol. The maximum atomic E-state index is 12.4. The smallest absolute Gasteiger partial charge is 0.264 e. The minimum atomic E-state index is -3.98. The Morgan fingerprint density at radius 3 is 2.64 bits per heavy atom. The molecular weight excluding hydrogens is 430 g/mol. The van der Waals surface area contributed by atoms with Gasteiger partial charge < -0.3 is 4.74 Å². The minimum absolute atomic E-state index is 0.0356. The number of sulfonamides is 1. The van der Waals surface area contributed by atoms with E-state index in [0.717, 1.165) is 5.56 Å². The van der Waals surface area contributed by atoms with Crippen molar-refractivity contribution in [3.8, 4) is 5.75 Å². The summed E-state index contributed by atoms with van der Waals surface area (Å²) in [5.74, 6) is -0.128. The maximum absolute atomic E-state index is 12.4. The Labute approximate surface area is 160 Å². The third kappa shape index (κ3) is 4.96. The van der Waals surface area contributed by atoms with Crippen LogP contribution in [0.3, 0.4) is 0 Å². The second kappa shape index (κ2) is 8.21. The maximum Gasteiger partial charge on any atom is 0.264 e. The lowest BCUT2D eigenvalue weighted by Gasteiger charge is -2.11. The van der Waals surface area contributed by atoms with Crippen molar-refractivity contribution in [1.29, 1.82) is 0 Å². The topological polar surface area (TPSA) is 72.5 Å². The molecule has 8 heteroatoms. The molecule has 1 N–H and O–H groups in total. The second-order valence-corrected chi connectivity index (χ2v) is 8.19. The normalized spacial score (nSPS) is 11.2. The number of amides is 1. The van der Waals surface area contributed by atoms with Crippen LogP contribution in [0.1, 0.15) is 18.1 Å². The molecular formula is C17H17BrClNO4S. The molecule has 0 aromatic heterocycles. The van der Waals surface area contributed by atoms with Crippen molar-refractivity contribution in [2.45, 2.75) is 25.2 Å². The Hall–Kier alpha value is -1.57. The predicted molar refractivity (Wildman–Crippen MR) is 101 cm³/mol. The molecule has 25 heavy (non-hydrogen) atoms. The Bertz CT molecular complexity index is 900. The minimum Gasteiger partial charge on any atom is -0.493 e. The summed E-state index contributed by atoms with van der Waals surface area (Å²) in [6.07, 6.45) is -0.127. The van der Waals surface area contributed by atoms with Crippen LogP contribution >= 0.6 is 27.5 Å². The number of hydrogen-bond acceptors (Lipinski definition) is 4. The molecule has 0 atom stereocenters. The van der Waals surface area contributed by atoms with Crippen molar-refractivity contribution >= 4 is 43.5 Å². The van der Waals surface area contributed by atoms with Crippen molar-refractivity contribution in [2.75, 3.05) is 6.61 Å². The van der Waals surface area contributed by atoms with Crippen molar-refractivity contribution in [1.82, 2.24) is 4.72 Å². The molecule has 2 aromatic rings. The lowest BCUT2D eigenvalue weighted by Crippen LogP contribution is -2.31. The lowest BCUT2D eigenvalue weighted by atomic mass is 10.1. The Morgan fingerprint density at radius 1 is 1.28 bits per heavy atom. The number of aryl methyl sites for hydroxylation is 1.